The molecule has 0 radical (unpaired) electrons. The predicted molar refractivity (Wildman–Crippen MR) is 157 cm³/mol. The van der Waals surface area contributed by atoms with Crippen LogP contribution in [0.4, 0.5) is 16.3 Å². The van der Waals surface area contributed by atoms with Crippen molar-refractivity contribution in [2.45, 2.75) is 26.4 Å². The van der Waals surface area contributed by atoms with Crippen molar-refractivity contribution >= 4 is 28.8 Å². The number of ether oxygens (including phenoxy) is 3. The quantitative estimate of drug-likeness (QED) is 0.299. The van der Waals surface area contributed by atoms with E-state index >= 15 is 0 Å². The van der Waals surface area contributed by atoms with E-state index in [1.807, 2.05) is 30.3 Å². The number of nitrogens with zero attached hydrogens (tertiary/aromatic N) is 5. The van der Waals surface area contributed by atoms with Gasteiger partial charge in [0.05, 0.1) is 24.2 Å². The average molecular weight is 555 g/mol. The molecule has 11 nitrogen and oxygen atoms in total. The number of nitrogens with two attached hydrogens (primary N) is 1. The van der Waals surface area contributed by atoms with Crippen molar-refractivity contribution < 1.29 is 19.0 Å². The van der Waals surface area contributed by atoms with Gasteiger partial charge < -0.3 is 19.9 Å². The number of imidazole rings is 1. The van der Waals surface area contributed by atoms with Gasteiger partial charge in [0.2, 0.25) is 0 Å². The van der Waals surface area contributed by atoms with Gasteiger partial charge in [-0.05, 0) is 75.4 Å². The van der Waals surface area contributed by atoms with E-state index in [9.17, 15) is 9.59 Å². The molecular weight excluding hydrogens is 524 g/mol. The molecule has 0 aliphatic rings. The molecule has 0 unspecified atom stereocenters. The number of fused-ring (bicyclic) bond motifs is 1. The topological polar surface area (TPSA) is 127 Å². The molecular formula is C30H30N6O5. The molecule has 2 N–H and O–H groups in total. The van der Waals surface area contributed by atoms with Crippen molar-refractivity contribution in [2.75, 3.05) is 24.8 Å². The summed E-state index contributed by atoms with van der Waals surface area (Å²) in [4.78, 5) is 36.7. The number of para-hydroxylation sites is 1. The lowest BCUT2D eigenvalue weighted by molar-refractivity contribution is 0.0588. The molecule has 0 saturated carbocycles. The van der Waals surface area contributed by atoms with Gasteiger partial charge in [0.15, 0.2) is 11.5 Å². The number of amides is 1. The number of nitrogen functional groups attached to an aromatic ring is 1. The number of rotatable bonds is 6. The molecule has 11 heteroatoms. The first-order chi connectivity index (χ1) is 19.6. The number of carbonyl (C=O) groups excluding carboxylic acids is 1. The van der Waals surface area contributed by atoms with E-state index in [0.717, 1.165) is 0 Å². The van der Waals surface area contributed by atoms with Crippen LogP contribution in [0.2, 0.25) is 0 Å². The highest BCUT2D eigenvalue weighted by Gasteiger charge is 2.25. The van der Waals surface area contributed by atoms with Crippen LogP contribution in [0, 0.1) is 0 Å². The van der Waals surface area contributed by atoms with Crippen LogP contribution >= 0.6 is 0 Å². The SMILES string of the molecule is COc1ccc(-n2c(=O)n(-c3ccc(Oc4ccccc4)cc3)c3c(N)ncnc32)cc1N(C)C(=O)OC(C)(C)C. The molecule has 0 bridgehead atoms. The highest BCUT2D eigenvalue weighted by molar-refractivity contribution is 5.90. The lowest BCUT2D eigenvalue weighted by Crippen LogP contribution is -2.34. The lowest BCUT2D eigenvalue weighted by atomic mass is 10.2. The Morgan fingerprint density at radius 1 is 0.902 bits per heavy atom. The maximum Gasteiger partial charge on any atom is 0.414 e. The van der Waals surface area contributed by atoms with E-state index in [1.165, 1.54) is 27.5 Å². The van der Waals surface area contributed by atoms with Crippen LogP contribution in [-0.4, -0.2) is 45.0 Å². The number of methoxy groups -OCH3 is 1. The third-order valence-electron chi connectivity index (χ3n) is 6.17. The van der Waals surface area contributed by atoms with Crippen molar-refractivity contribution in [2.24, 2.45) is 0 Å². The second kappa shape index (κ2) is 10.7. The number of hydrogen-bond acceptors (Lipinski definition) is 8. The van der Waals surface area contributed by atoms with E-state index < -0.39 is 17.4 Å². The van der Waals surface area contributed by atoms with E-state index in [-0.39, 0.29) is 5.82 Å². The summed E-state index contributed by atoms with van der Waals surface area (Å²) in [7, 11) is 3.07. The molecule has 5 rings (SSSR count). The zero-order chi connectivity index (χ0) is 29.3. The van der Waals surface area contributed by atoms with Crippen LogP contribution < -0.4 is 25.8 Å². The summed E-state index contributed by atoms with van der Waals surface area (Å²) in [6.07, 6.45) is 0.721. The minimum Gasteiger partial charge on any atom is -0.495 e. The van der Waals surface area contributed by atoms with Crippen molar-refractivity contribution in [3.8, 4) is 28.6 Å². The summed E-state index contributed by atoms with van der Waals surface area (Å²) in [5.41, 5.74) is 7.16. The minimum atomic E-state index is -0.698. The van der Waals surface area contributed by atoms with Gasteiger partial charge in [0.1, 0.15) is 34.7 Å². The molecule has 0 aliphatic carbocycles. The maximum atomic E-state index is 14.0. The molecule has 2 heterocycles. The Bertz CT molecular complexity index is 1770. The van der Waals surface area contributed by atoms with Gasteiger partial charge in [-0.25, -0.2) is 24.1 Å². The Labute approximate surface area is 236 Å². The van der Waals surface area contributed by atoms with Crippen LogP contribution in [-0.2, 0) is 4.74 Å². The Hall–Kier alpha value is -5.32. The van der Waals surface area contributed by atoms with E-state index in [1.54, 1.807) is 70.3 Å². The number of anilines is 2. The first-order valence-corrected chi connectivity index (χ1v) is 12.8. The number of carbonyl (C=O) groups is 1. The molecule has 0 saturated heterocycles. The maximum absolute atomic E-state index is 14.0. The van der Waals surface area contributed by atoms with Gasteiger partial charge in [-0.15, -0.1) is 0 Å². The second-order valence-electron chi connectivity index (χ2n) is 10.2. The fourth-order valence-corrected chi connectivity index (χ4v) is 4.32. The fraction of sp³-hybridized carbons (Fsp3) is 0.200. The molecule has 210 valence electrons. The molecule has 0 spiro atoms. The monoisotopic (exact) mass is 554 g/mol. The Morgan fingerprint density at radius 2 is 1.56 bits per heavy atom. The highest BCUT2D eigenvalue weighted by atomic mass is 16.6. The first-order valence-electron chi connectivity index (χ1n) is 12.8. The predicted octanol–water partition coefficient (Wildman–Crippen LogP) is 5.33. The van der Waals surface area contributed by atoms with Crippen LogP contribution in [0.5, 0.6) is 17.2 Å². The molecule has 1 amide bonds. The largest absolute Gasteiger partial charge is 0.495 e. The normalized spacial score (nSPS) is 11.3. The highest BCUT2D eigenvalue weighted by Crippen LogP contribution is 2.32. The Balaban J connectivity index is 1.61. The van der Waals surface area contributed by atoms with Crippen LogP contribution in [0.3, 0.4) is 0 Å². The minimum absolute atomic E-state index is 0.134. The molecule has 0 aliphatic heterocycles. The summed E-state index contributed by atoms with van der Waals surface area (Å²) in [5.74, 6) is 1.85. The molecule has 2 aromatic heterocycles. The van der Waals surface area contributed by atoms with Gasteiger partial charge >= 0.3 is 11.8 Å². The summed E-state index contributed by atoms with van der Waals surface area (Å²) >= 11 is 0. The van der Waals surface area contributed by atoms with Crippen molar-refractivity contribution in [1.29, 1.82) is 0 Å². The van der Waals surface area contributed by atoms with Gasteiger partial charge in [0.25, 0.3) is 0 Å². The summed E-state index contributed by atoms with van der Waals surface area (Å²) in [5, 5.41) is 0. The third kappa shape index (κ3) is 5.42. The smallest absolute Gasteiger partial charge is 0.414 e. The van der Waals surface area contributed by atoms with Gasteiger partial charge in [-0.3, -0.25) is 9.47 Å². The van der Waals surface area contributed by atoms with Gasteiger partial charge in [-0.1, -0.05) is 18.2 Å². The zero-order valence-electron chi connectivity index (χ0n) is 23.4. The van der Waals surface area contributed by atoms with Crippen LogP contribution in [0.15, 0.2) is 83.9 Å². The number of benzene rings is 3. The molecule has 5 aromatic rings. The molecule has 0 fully saturated rings. The average Bonchev–Trinajstić information content (AvgIpc) is 3.25. The Kier molecular flexibility index (Phi) is 7.10. The number of aromatic nitrogens is 4. The van der Waals surface area contributed by atoms with Crippen molar-refractivity contribution in [1.82, 2.24) is 19.1 Å². The van der Waals surface area contributed by atoms with E-state index in [4.69, 9.17) is 19.9 Å². The van der Waals surface area contributed by atoms with Crippen LogP contribution in [0.1, 0.15) is 20.8 Å². The number of hydrogen-bond donors (Lipinski definition) is 1. The third-order valence-corrected chi connectivity index (χ3v) is 6.17. The van der Waals surface area contributed by atoms with E-state index in [0.29, 0.717) is 45.5 Å². The first kappa shape index (κ1) is 27.3. The van der Waals surface area contributed by atoms with Gasteiger partial charge in [-0.2, -0.15) is 0 Å². The van der Waals surface area contributed by atoms with Crippen molar-refractivity contribution in [3.05, 3.63) is 89.6 Å². The standard InChI is InChI=1S/C30H30N6O5/c1-30(2,3)41-29(38)34(4)23-17-20(13-16-24(23)39-5)36-27-25(26(31)32-18-33-27)35(28(36)37)19-11-14-22(15-12-19)40-21-9-7-6-8-10-21/h6-18H,1-5H3,(H2,31,32,33). The Morgan fingerprint density at radius 3 is 2.22 bits per heavy atom. The second-order valence-corrected chi connectivity index (χ2v) is 10.2. The summed E-state index contributed by atoms with van der Waals surface area (Å²) in [6, 6.07) is 21.5. The summed E-state index contributed by atoms with van der Waals surface area (Å²) < 4.78 is 19.8. The molecule has 41 heavy (non-hydrogen) atoms. The molecule has 0 atom stereocenters. The summed E-state index contributed by atoms with van der Waals surface area (Å²) in [6.45, 7) is 5.35. The van der Waals surface area contributed by atoms with Gasteiger partial charge in [0, 0.05) is 7.05 Å². The van der Waals surface area contributed by atoms with E-state index in [2.05, 4.69) is 9.97 Å². The lowest BCUT2D eigenvalue weighted by Gasteiger charge is -2.26. The molecule has 3 aromatic carbocycles. The fourth-order valence-electron chi connectivity index (χ4n) is 4.32. The van der Waals surface area contributed by atoms with Crippen LogP contribution in [0.25, 0.3) is 22.5 Å². The zero-order valence-corrected chi connectivity index (χ0v) is 23.4. The van der Waals surface area contributed by atoms with Crippen molar-refractivity contribution in [3.63, 3.8) is 0 Å².